The van der Waals surface area contributed by atoms with E-state index in [2.05, 4.69) is 5.32 Å². The number of amides is 1. The first-order chi connectivity index (χ1) is 9.97. The van der Waals surface area contributed by atoms with Crippen molar-refractivity contribution in [1.29, 1.82) is 0 Å². The molecule has 0 saturated carbocycles. The van der Waals surface area contributed by atoms with Gasteiger partial charge < -0.3 is 11.1 Å². The summed E-state index contributed by atoms with van der Waals surface area (Å²) < 4.78 is 0. The summed E-state index contributed by atoms with van der Waals surface area (Å²) in [5.74, 6) is 0.184. The molecule has 0 atom stereocenters. The lowest BCUT2D eigenvalue weighted by Gasteiger charge is -2.09. The van der Waals surface area contributed by atoms with E-state index in [4.69, 9.17) is 17.3 Å². The van der Waals surface area contributed by atoms with Crippen molar-refractivity contribution in [3.63, 3.8) is 0 Å². The molecule has 3 N–H and O–H groups in total. The topological polar surface area (TPSA) is 55.1 Å². The fourth-order valence-electron chi connectivity index (χ4n) is 1.83. The molecule has 0 aliphatic carbocycles. The number of benzene rings is 2. The third-order valence-electron chi connectivity index (χ3n) is 3.14. The highest BCUT2D eigenvalue weighted by molar-refractivity contribution is 8.00. The number of hydrogen-bond acceptors (Lipinski definition) is 3. The second kappa shape index (κ2) is 6.87. The fourth-order valence-corrected chi connectivity index (χ4v) is 2.97. The third-order valence-corrected chi connectivity index (χ3v) is 4.71. The van der Waals surface area contributed by atoms with Crippen molar-refractivity contribution in [1.82, 2.24) is 0 Å². The normalized spacial score (nSPS) is 10.4. The van der Waals surface area contributed by atoms with Crippen molar-refractivity contribution < 1.29 is 4.79 Å². The number of hydrogen-bond donors (Lipinski definition) is 2. The first-order valence-electron chi connectivity index (χ1n) is 6.51. The van der Waals surface area contributed by atoms with Crippen molar-refractivity contribution >= 4 is 40.6 Å². The van der Waals surface area contributed by atoms with E-state index in [1.165, 1.54) is 17.3 Å². The molecule has 0 heterocycles. The van der Waals surface area contributed by atoms with Crippen molar-refractivity contribution in [2.24, 2.45) is 0 Å². The number of nitrogens with one attached hydrogen (secondary N) is 1. The lowest BCUT2D eigenvalue weighted by atomic mass is 10.1. The molecule has 2 rings (SSSR count). The van der Waals surface area contributed by atoms with Crippen LogP contribution in [0.25, 0.3) is 0 Å². The van der Waals surface area contributed by atoms with Crippen LogP contribution < -0.4 is 11.1 Å². The highest BCUT2D eigenvalue weighted by atomic mass is 35.5. The molecule has 2 aromatic rings. The van der Waals surface area contributed by atoms with Gasteiger partial charge in [0.1, 0.15) is 0 Å². The first-order valence-corrected chi connectivity index (χ1v) is 7.87. The summed E-state index contributed by atoms with van der Waals surface area (Å²) in [4.78, 5) is 12.7. The molecule has 0 bridgehead atoms. The zero-order valence-corrected chi connectivity index (χ0v) is 13.5. The SMILES string of the molecule is Cc1ccc(NC(=O)CSc2c(N)cccc2Cl)cc1C. The van der Waals surface area contributed by atoms with Crippen molar-refractivity contribution in [3.8, 4) is 0 Å². The minimum absolute atomic E-state index is 0.0810. The zero-order valence-electron chi connectivity index (χ0n) is 11.9. The van der Waals surface area contributed by atoms with Gasteiger partial charge in [0.15, 0.2) is 0 Å². The standard InChI is InChI=1S/C16H17ClN2OS/c1-10-6-7-12(8-11(10)2)19-15(20)9-21-16-13(17)4-3-5-14(16)18/h3-8H,9,18H2,1-2H3,(H,19,20). The van der Waals surface area contributed by atoms with E-state index in [9.17, 15) is 4.79 Å². The van der Waals surface area contributed by atoms with Gasteiger partial charge in [0.05, 0.1) is 10.8 Å². The number of aryl methyl sites for hydroxylation is 2. The maximum Gasteiger partial charge on any atom is 0.234 e. The van der Waals surface area contributed by atoms with Crippen LogP contribution in [0.2, 0.25) is 5.02 Å². The van der Waals surface area contributed by atoms with Crippen LogP contribution in [-0.4, -0.2) is 11.7 Å². The molecule has 0 radical (unpaired) electrons. The third kappa shape index (κ3) is 4.16. The van der Waals surface area contributed by atoms with Crippen molar-refractivity contribution in [3.05, 3.63) is 52.5 Å². The number of anilines is 2. The molecular weight excluding hydrogens is 304 g/mol. The van der Waals surface area contributed by atoms with Gasteiger partial charge in [0.25, 0.3) is 0 Å². The summed E-state index contributed by atoms with van der Waals surface area (Å²) in [6.45, 7) is 4.06. The van der Waals surface area contributed by atoms with Gasteiger partial charge in [-0.1, -0.05) is 23.7 Å². The number of nitrogens with two attached hydrogens (primary N) is 1. The molecule has 0 aliphatic heterocycles. The number of nitrogen functional groups attached to an aromatic ring is 1. The highest BCUT2D eigenvalue weighted by Gasteiger charge is 2.09. The Balaban J connectivity index is 1.97. The zero-order chi connectivity index (χ0) is 15.4. The maximum absolute atomic E-state index is 12.0. The number of halogens is 1. The molecule has 0 fully saturated rings. The number of carbonyl (C=O) groups excluding carboxylic acids is 1. The number of rotatable bonds is 4. The molecule has 0 saturated heterocycles. The minimum Gasteiger partial charge on any atom is -0.398 e. The van der Waals surface area contributed by atoms with E-state index >= 15 is 0 Å². The van der Waals surface area contributed by atoms with Gasteiger partial charge >= 0.3 is 0 Å². The van der Waals surface area contributed by atoms with Crippen LogP contribution in [0.5, 0.6) is 0 Å². The fraction of sp³-hybridized carbons (Fsp3) is 0.188. The predicted octanol–water partition coefficient (Wildman–Crippen LogP) is 4.27. The largest absolute Gasteiger partial charge is 0.398 e. The van der Waals surface area contributed by atoms with Crippen LogP contribution in [0, 0.1) is 13.8 Å². The molecule has 5 heteroatoms. The molecule has 0 spiro atoms. The second-order valence-electron chi connectivity index (χ2n) is 4.79. The van der Waals surface area contributed by atoms with Gasteiger partial charge in [-0.05, 0) is 49.2 Å². The Hall–Kier alpha value is -1.65. The van der Waals surface area contributed by atoms with E-state index in [-0.39, 0.29) is 11.7 Å². The quantitative estimate of drug-likeness (QED) is 0.653. The van der Waals surface area contributed by atoms with Crippen LogP contribution in [0.4, 0.5) is 11.4 Å². The number of thioether (sulfide) groups is 1. The van der Waals surface area contributed by atoms with Gasteiger partial charge in [0, 0.05) is 16.3 Å². The lowest BCUT2D eigenvalue weighted by Crippen LogP contribution is -2.14. The Bertz CT molecular complexity index is 653. The Labute approximate surface area is 133 Å². The van der Waals surface area contributed by atoms with Gasteiger partial charge in [-0.3, -0.25) is 4.79 Å². The van der Waals surface area contributed by atoms with Crippen molar-refractivity contribution in [2.75, 3.05) is 16.8 Å². The number of carbonyl (C=O) groups is 1. The second-order valence-corrected chi connectivity index (χ2v) is 6.19. The molecule has 21 heavy (non-hydrogen) atoms. The van der Waals surface area contributed by atoms with Gasteiger partial charge in [-0.15, -0.1) is 11.8 Å². The summed E-state index contributed by atoms with van der Waals surface area (Å²) in [6.07, 6.45) is 0. The molecule has 0 aromatic heterocycles. The van der Waals surface area contributed by atoms with Crippen LogP contribution in [-0.2, 0) is 4.79 Å². The van der Waals surface area contributed by atoms with Crippen LogP contribution in [0.1, 0.15) is 11.1 Å². The minimum atomic E-state index is -0.0810. The van der Waals surface area contributed by atoms with Crippen LogP contribution in [0.15, 0.2) is 41.3 Å². The van der Waals surface area contributed by atoms with Gasteiger partial charge in [-0.25, -0.2) is 0 Å². The summed E-state index contributed by atoms with van der Waals surface area (Å²) in [5.41, 5.74) is 9.60. The molecule has 2 aromatic carbocycles. The first kappa shape index (κ1) is 15.7. The van der Waals surface area contributed by atoms with Gasteiger partial charge in [-0.2, -0.15) is 0 Å². The Kier molecular flexibility index (Phi) is 5.15. The summed E-state index contributed by atoms with van der Waals surface area (Å²) in [6, 6.07) is 11.2. The average molecular weight is 321 g/mol. The van der Waals surface area contributed by atoms with Crippen LogP contribution in [0.3, 0.4) is 0 Å². The highest BCUT2D eigenvalue weighted by Crippen LogP contribution is 2.32. The van der Waals surface area contributed by atoms with Crippen molar-refractivity contribution in [2.45, 2.75) is 18.7 Å². The lowest BCUT2D eigenvalue weighted by molar-refractivity contribution is -0.113. The Morgan fingerprint density at radius 2 is 2.00 bits per heavy atom. The molecule has 0 aliphatic rings. The predicted molar refractivity (Wildman–Crippen MR) is 91.1 cm³/mol. The monoisotopic (exact) mass is 320 g/mol. The van der Waals surface area contributed by atoms with E-state index < -0.39 is 0 Å². The van der Waals surface area contributed by atoms with E-state index in [1.807, 2.05) is 32.0 Å². The van der Waals surface area contributed by atoms with E-state index in [0.717, 1.165) is 16.1 Å². The summed E-state index contributed by atoms with van der Waals surface area (Å²) >= 11 is 7.42. The van der Waals surface area contributed by atoms with Crippen LogP contribution >= 0.6 is 23.4 Å². The molecule has 3 nitrogen and oxygen atoms in total. The molecule has 110 valence electrons. The Morgan fingerprint density at radius 3 is 2.67 bits per heavy atom. The molecule has 0 unspecified atom stereocenters. The molecule has 1 amide bonds. The smallest absolute Gasteiger partial charge is 0.234 e. The Morgan fingerprint density at radius 1 is 1.24 bits per heavy atom. The van der Waals surface area contributed by atoms with E-state index in [0.29, 0.717) is 10.7 Å². The summed E-state index contributed by atoms with van der Waals surface area (Å²) in [7, 11) is 0. The molecular formula is C16H17ClN2OS. The summed E-state index contributed by atoms with van der Waals surface area (Å²) in [5, 5.41) is 3.44. The van der Waals surface area contributed by atoms with Gasteiger partial charge in [0.2, 0.25) is 5.91 Å². The average Bonchev–Trinajstić information content (AvgIpc) is 2.42. The van der Waals surface area contributed by atoms with E-state index in [1.54, 1.807) is 18.2 Å². The maximum atomic E-state index is 12.0.